The maximum Gasteiger partial charge on any atom is 0.217 e. The Morgan fingerprint density at radius 3 is 2.65 bits per heavy atom. The van der Waals surface area contributed by atoms with E-state index in [0.717, 1.165) is 5.56 Å². The van der Waals surface area contributed by atoms with Crippen LogP contribution in [0.4, 0.5) is 0 Å². The summed E-state index contributed by atoms with van der Waals surface area (Å²) in [4.78, 5) is 0. The quantitative estimate of drug-likeness (QED) is 0.831. The Hall–Kier alpha value is -1.70. The smallest absolute Gasteiger partial charge is 0.217 e. The van der Waals surface area contributed by atoms with Gasteiger partial charge in [-0.2, -0.15) is 0 Å². The zero-order chi connectivity index (χ0) is 14.6. The summed E-state index contributed by atoms with van der Waals surface area (Å²) in [7, 11) is -3.48. The predicted molar refractivity (Wildman–Crippen MR) is 75.2 cm³/mol. The van der Waals surface area contributed by atoms with E-state index in [9.17, 15) is 8.42 Å². The number of rotatable bonds is 6. The molecule has 3 N–H and O–H groups in total. The topological polar surface area (TPSA) is 98.2 Å². The highest BCUT2D eigenvalue weighted by Gasteiger charge is 2.16. The fourth-order valence-corrected chi connectivity index (χ4v) is 2.83. The van der Waals surface area contributed by atoms with Crippen LogP contribution in [0.3, 0.4) is 0 Å². The molecule has 1 heterocycles. The Morgan fingerprint density at radius 2 is 2.05 bits per heavy atom. The van der Waals surface area contributed by atoms with Crippen LogP contribution in [-0.2, 0) is 15.8 Å². The van der Waals surface area contributed by atoms with E-state index in [4.69, 9.17) is 10.3 Å². The van der Waals surface area contributed by atoms with Crippen molar-refractivity contribution in [2.45, 2.75) is 18.7 Å². The molecule has 0 saturated carbocycles. The molecule has 2 aromatic rings. The van der Waals surface area contributed by atoms with Crippen molar-refractivity contribution in [2.75, 3.05) is 6.54 Å². The van der Waals surface area contributed by atoms with Gasteiger partial charge in [-0.05, 0) is 12.5 Å². The summed E-state index contributed by atoms with van der Waals surface area (Å²) in [5.74, 6) is 0.363. The van der Waals surface area contributed by atoms with Gasteiger partial charge in [0.05, 0.1) is 0 Å². The molecule has 0 saturated heterocycles. The summed E-state index contributed by atoms with van der Waals surface area (Å²) in [6.45, 7) is 1.85. The summed E-state index contributed by atoms with van der Waals surface area (Å²) in [6, 6.07) is 10.5. The summed E-state index contributed by atoms with van der Waals surface area (Å²) in [5.41, 5.74) is 7.20. The third-order valence-corrected chi connectivity index (χ3v) is 4.05. The van der Waals surface area contributed by atoms with Gasteiger partial charge in [0.15, 0.2) is 0 Å². The second-order valence-corrected chi connectivity index (χ2v) is 6.36. The van der Waals surface area contributed by atoms with E-state index in [2.05, 4.69) is 9.88 Å². The van der Waals surface area contributed by atoms with Crippen molar-refractivity contribution >= 4 is 10.0 Å². The highest BCUT2D eigenvalue weighted by Crippen LogP contribution is 2.10. The molecule has 6 nitrogen and oxygen atoms in total. The van der Waals surface area contributed by atoms with Gasteiger partial charge in [-0.15, -0.1) is 0 Å². The first-order valence-corrected chi connectivity index (χ1v) is 7.81. The van der Waals surface area contributed by atoms with Crippen LogP contribution in [0.1, 0.15) is 23.1 Å². The summed E-state index contributed by atoms with van der Waals surface area (Å²) in [5, 5.41) is 3.66. The summed E-state index contributed by atoms with van der Waals surface area (Å²) >= 11 is 0. The van der Waals surface area contributed by atoms with E-state index < -0.39 is 10.0 Å². The van der Waals surface area contributed by atoms with Crippen molar-refractivity contribution in [1.82, 2.24) is 9.88 Å². The number of benzene rings is 1. The Kier molecular flexibility index (Phi) is 4.53. The monoisotopic (exact) mass is 295 g/mol. The van der Waals surface area contributed by atoms with Gasteiger partial charge in [-0.25, -0.2) is 13.1 Å². The van der Waals surface area contributed by atoms with Gasteiger partial charge in [0.25, 0.3) is 0 Å². The Morgan fingerprint density at radius 1 is 1.35 bits per heavy atom. The molecule has 0 amide bonds. The number of sulfonamides is 1. The van der Waals surface area contributed by atoms with E-state index in [1.807, 2.05) is 30.3 Å². The molecular weight excluding hydrogens is 278 g/mol. The van der Waals surface area contributed by atoms with Gasteiger partial charge in [0.2, 0.25) is 10.0 Å². The van der Waals surface area contributed by atoms with Crippen LogP contribution in [0.5, 0.6) is 0 Å². The van der Waals surface area contributed by atoms with E-state index in [1.54, 1.807) is 13.0 Å². The Balaban J connectivity index is 1.92. The number of nitrogens with zero attached hydrogens (tertiary/aromatic N) is 1. The van der Waals surface area contributed by atoms with E-state index >= 15 is 0 Å². The number of aromatic nitrogens is 1. The first-order valence-electron chi connectivity index (χ1n) is 6.16. The predicted octanol–water partition coefficient (Wildman–Crippen LogP) is 1.10. The zero-order valence-corrected chi connectivity index (χ0v) is 11.9. The normalized spacial score (nSPS) is 13.3. The van der Waals surface area contributed by atoms with Crippen molar-refractivity contribution in [3.8, 4) is 0 Å². The van der Waals surface area contributed by atoms with Crippen LogP contribution < -0.4 is 10.5 Å². The van der Waals surface area contributed by atoms with E-state index in [-0.39, 0.29) is 18.3 Å². The lowest BCUT2D eigenvalue weighted by Gasteiger charge is -2.12. The third-order valence-electron chi connectivity index (χ3n) is 2.77. The third kappa shape index (κ3) is 4.16. The Bertz CT molecular complexity index is 653. The minimum atomic E-state index is -3.48. The van der Waals surface area contributed by atoms with Crippen LogP contribution in [0.15, 0.2) is 40.9 Å². The lowest BCUT2D eigenvalue weighted by atomic mass is 10.1. The molecule has 108 valence electrons. The second kappa shape index (κ2) is 6.17. The molecule has 1 atom stereocenters. The largest absolute Gasteiger partial charge is 0.361 e. The van der Waals surface area contributed by atoms with Crippen molar-refractivity contribution in [3.63, 3.8) is 0 Å². The molecular formula is C13H17N3O3S. The standard InChI is InChI=1S/C13H17N3O3S/c1-10-7-12(16-19-10)9-20(17,18)15-8-13(14)11-5-3-2-4-6-11/h2-7,13,15H,8-9,14H2,1H3. The SMILES string of the molecule is Cc1cc(CS(=O)(=O)NCC(N)c2ccccc2)no1. The lowest BCUT2D eigenvalue weighted by molar-refractivity contribution is 0.392. The fraction of sp³-hybridized carbons (Fsp3) is 0.308. The average Bonchev–Trinajstić information content (AvgIpc) is 2.82. The van der Waals surface area contributed by atoms with Gasteiger partial charge in [-0.1, -0.05) is 35.5 Å². The fourth-order valence-electron chi connectivity index (χ4n) is 1.77. The minimum Gasteiger partial charge on any atom is -0.361 e. The van der Waals surface area contributed by atoms with Crippen LogP contribution in [0, 0.1) is 6.92 Å². The number of nitrogens with one attached hydrogen (secondary N) is 1. The molecule has 0 aliphatic heterocycles. The van der Waals surface area contributed by atoms with Gasteiger partial charge in [0, 0.05) is 18.7 Å². The number of nitrogens with two attached hydrogens (primary N) is 1. The summed E-state index contributed by atoms with van der Waals surface area (Å²) in [6.07, 6.45) is 0. The maximum absolute atomic E-state index is 11.9. The molecule has 7 heteroatoms. The summed E-state index contributed by atoms with van der Waals surface area (Å²) < 4.78 is 31.1. The highest BCUT2D eigenvalue weighted by atomic mass is 32.2. The number of hydrogen-bond donors (Lipinski definition) is 2. The van der Waals surface area contributed by atoms with Crippen LogP contribution >= 0.6 is 0 Å². The Labute approximate surface area is 118 Å². The number of hydrogen-bond acceptors (Lipinski definition) is 5. The van der Waals surface area contributed by atoms with Crippen molar-refractivity contribution in [1.29, 1.82) is 0 Å². The average molecular weight is 295 g/mol. The zero-order valence-electron chi connectivity index (χ0n) is 11.1. The van der Waals surface area contributed by atoms with Gasteiger partial charge in [0.1, 0.15) is 17.2 Å². The van der Waals surface area contributed by atoms with Crippen LogP contribution in [0.2, 0.25) is 0 Å². The van der Waals surface area contributed by atoms with Crippen LogP contribution in [0.25, 0.3) is 0 Å². The second-order valence-electron chi connectivity index (χ2n) is 4.55. The molecule has 0 spiro atoms. The molecule has 1 unspecified atom stereocenters. The first kappa shape index (κ1) is 14.7. The van der Waals surface area contributed by atoms with Crippen molar-refractivity contribution < 1.29 is 12.9 Å². The molecule has 20 heavy (non-hydrogen) atoms. The first-order chi connectivity index (χ1) is 9.46. The minimum absolute atomic E-state index is 0.142. The number of aryl methyl sites for hydroxylation is 1. The van der Waals surface area contributed by atoms with Crippen molar-refractivity contribution in [3.05, 3.63) is 53.4 Å². The van der Waals surface area contributed by atoms with E-state index in [1.165, 1.54) is 0 Å². The lowest BCUT2D eigenvalue weighted by Crippen LogP contribution is -2.32. The van der Waals surface area contributed by atoms with Gasteiger partial charge >= 0.3 is 0 Å². The molecule has 0 aliphatic rings. The van der Waals surface area contributed by atoms with E-state index in [0.29, 0.717) is 11.5 Å². The van der Waals surface area contributed by atoms with Gasteiger partial charge < -0.3 is 10.3 Å². The molecule has 2 rings (SSSR count). The maximum atomic E-state index is 11.9. The molecule has 1 aromatic heterocycles. The molecule has 0 radical (unpaired) electrons. The van der Waals surface area contributed by atoms with Gasteiger partial charge in [-0.3, -0.25) is 0 Å². The molecule has 1 aromatic carbocycles. The van der Waals surface area contributed by atoms with Crippen molar-refractivity contribution in [2.24, 2.45) is 5.73 Å². The van der Waals surface area contributed by atoms with Crippen LogP contribution in [-0.4, -0.2) is 20.1 Å². The molecule has 0 fully saturated rings. The molecule has 0 bridgehead atoms. The molecule has 0 aliphatic carbocycles. The highest BCUT2D eigenvalue weighted by molar-refractivity contribution is 7.88.